The summed E-state index contributed by atoms with van der Waals surface area (Å²) in [5.41, 5.74) is 0. The highest BCUT2D eigenvalue weighted by Crippen LogP contribution is 2.06. The van der Waals surface area contributed by atoms with Gasteiger partial charge in [0.25, 0.3) is 0 Å². The number of tetrazole rings is 1. The lowest BCUT2D eigenvalue weighted by Crippen LogP contribution is -2.14. The largest absolute Gasteiger partial charge is 0.481 e. The van der Waals surface area contributed by atoms with E-state index in [0.29, 0.717) is 13.0 Å². The molecule has 1 rings (SSSR count). The molecular weight excluding hydrogens is 208 g/mol. The Balaban J connectivity index is 2.47. The summed E-state index contributed by atoms with van der Waals surface area (Å²) in [7, 11) is 0. The quantitative estimate of drug-likeness (QED) is 0.753. The maximum Gasteiger partial charge on any atom is 0.306 e. The number of aromatic nitrogens is 4. The molecule has 0 aliphatic rings. The van der Waals surface area contributed by atoms with Crippen molar-refractivity contribution in [1.82, 2.24) is 20.2 Å². The SMILES string of the molecule is CCCCc1nnnn1CCC(C)C(=O)O. The zero-order valence-electron chi connectivity index (χ0n) is 9.76. The van der Waals surface area contributed by atoms with Crippen molar-refractivity contribution in [3.05, 3.63) is 5.82 Å². The van der Waals surface area contributed by atoms with E-state index < -0.39 is 5.97 Å². The summed E-state index contributed by atoms with van der Waals surface area (Å²) in [6.45, 7) is 4.37. The van der Waals surface area contributed by atoms with E-state index in [9.17, 15) is 4.79 Å². The Morgan fingerprint density at radius 3 is 2.94 bits per heavy atom. The highest BCUT2D eigenvalue weighted by molar-refractivity contribution is 5.69. The van der Waals surface area contributed by atoms with Crippen molar-refractivity contribution < 1.29 is 9.90 Å². The third kappa shape index (κ3) is 3.60. The van der Waals surface area contributed by atoms with Crippen LogP contribution in [0.1, 0.15) is 38.9 Å². The van der Waals surface area contributed by atoms with Gasteiger partial charge in [0.15, 0.2) is 5.82 Å². The lowest BCUT2D eigenvalue weighted by Gasteiger charge is -2.07. The molecule has 1 heterocycles. The fourth-order valence-electron chi connectivity index (χ4n) is 1.35. The average molecular weight is 226 g/mol. The van der Waals surface area contributed by atoms with Gasteiger partial charge in [-0.2, -0.15) is 0 Å². The Bertz CT molecular complexity index is 337. The van der Waals surface area contributed by atoms with E-state index in [1.54, 1.807) is 11.6 Å². The molecule has 16 heavy (non-hydrogen) atoms. The zero-order valence-corrected chi connectivity index (χ0v) is 9.76. The predicted octanol–water partition coefficient (Wildman–Crippen LogP) is 1.13. The minimum Gasteiger partial charge on any atom is -0.481 e. The van der Waals surface area contributed by atoms with E-state index in [1.165, 1.54) is 0 Å². The van der Waals surface area contributed by atoms with Crippen LogP contribution in [0, 0.1) is 5.92 Å². The maximum atomic E-state index is 10.7. The van der Waals surface area contributed by atoms with Crippen LogP contribution in [0.5, 0.6) is 0 Å². The molecule has 1 aromatic heterocycles. The van der Waals surface area contributed by atoms with Crippen molar-refractivity contribution in [2.45, 2.75) is 46.1 Å². The topological polar surface area (TPSA) is 80.9 Å². The van der Waals surface area contributed by atoms with Crippen LogP contribution in [-0.2, 0) is 17.8 Å². The average Bonchev–Trinajstić information content (AvgIpc) is 2.70. The molecule has 1 N–H and O–H groups in total. The molecule has 0 bridgehead atoms. The van der Waals surface area contributed by atoms with E-state index >= 15 is 0 Å². The van der Waals surface area contributed by atoms with Crippen molar-refractivity contribution in [2.24, 2.45) is 5.92 Å². The summed E-state index contributed by atoms with van der Waals surface area (Å²) < 4.78 is 1.70. The second-order valence-corrected chi connectivity index (χ2v) is 3.95. The van der Waals surface area contributed by atoms with Crippen LogP contribution in [0.15, 0.2) is 0 Å². The molecule has 0 amide bonds. The number of hydrogen-bond donors (Lipinski definition) is 1. The minimum atomic E-state index is -0.775. The van der Waals surface area contributed by atoms with E-state index in [-0.39, 0.29) is 5.92 Å². The summed E-state index contributed by atoms with van der Waals surface area (Å²) in [6, 6.07) is 0. The minimum absolute atomic E-state index is 0.358. The van der Waals surface area contributed by atoms with Gasteiger partial charge in [-0.1, -0.05) is 20.3 Å². The second-order valence-electron chi connectivity index (χ2n) is 3.95. The van der Waals surface area contributed by atoms with Crippen LogP contribution in [0.2, 0.25) is 0 Å². The van der Waals surface area contributed by atoms with Gasteiger partial charge in [-0.25, -0.2) is 4.68 Å². The molecule has 0 aliphatic heterocycles. The first kappa shape index (κ1) is 12.6. The summed E-state index contributed by atoms with van der Waals surface area (Å²) in [4.78, 5) is 10.7. The number of unbranched alkanes of at least 4 members (excludes halogenated alkanes) is 1. The number of nitrogens with zero attached hydrogens (tertiary/aromatic N) is 4. The zero-order chi connectivity index (χ0) is 12.0. The van der Waals surface area contributed by atoms with Gasteiger partial charge in [-0.05, 0) is 23.3 Å². The van der Waals surface area contributed by atoms with Crippen LogP contribution in [-0.4, -0.2) is 31.3 Å². The highest BCUT2D eigenvalue weighted by atomic mass is 16.4. The molecule has 0 aromatic carbocycles. The first-order chi connectivity index (χ1) is 7.65. The fourth-order valence-corrected chi connectivity index (χ4v) is 1.35. The number of hydrogen-bond acceptors (Lipinski definition) is 4. The molecule has 0 fully saturated rings. The first-order valence-electron chi connectivity index (χ1n) is 5.63. The third-order valence-electron chi connectivity index (χ3n) is 2.56. The molecule has 0 saturated heterocycles. The Hall–Kier alpha value is -1.46. The van der Waals surface area contributed by atoms with Gasteiger partial charge in [0.05, 0.1) is 5.92 Å². The fraction of sp³-hybridized carbons (Fsp3) is 0.800. The third-order valence-corrected chi connectivity index (χ3v) is 2.56. The van der Waals surface area contributed by atoms with Gasteiger partial charge in [0, 0.05) is 13.0 Å². The summed E-state index contributed by atoms with van der Waals surface area (Å²) in [5.74, 6) is -0.286. The summed E-state index contributed by atoms with van der Waals surface area (Å²) >= 11 is 0. The van der Waals surface area contributed by atoms with Crippen LogP contribution < -0.4 is 0 Å². The Kier molecular flexibility index (Phi) is 4.88. The summed E-state index contributed by atoms with van der Waals surface area (Å²) in [5, 5.41) is 20.2. The second kappa shape index (κ2) is 6.19. The van der Waals surface area contributed by atoms with Crippen molar-refractivity contribution >= 4 is 5.97 Å². The number of aryl methyl sites for hydroxylation is 2. The van der Waals surface area contributed by atoms with Crippen molar-refractivity contribution in [3.63, 3.8) is 0 Å². The Morgan fingerprint density at radius 2 is 2.31 bits per heavy atom. The molecule has 1 aromatic rings. The van der Waals surface area contributed by atoms with Crippen LogP contribution in [0.3, 0.4) is 0 Å². The maximum absolute atomic E-state index is 10.7. The van der Waals surface area contributed by atoms with E-state index in [0.717, 1.165) is 25.1 Å². The van der Waals surface area contributed by atoms with E-state index in [4.69, 9.17) is 5.11 Å². The number of carboxylic acid groups (broad SMARTS) is 1. The molecule has 6 heteroatoms. The van der Waals surface area contributed by atoms with Crippen molar-refractivity contribution in [3.8, 4) is 0 Å². The Labute approximate surface area is 94.7 Å². The number of carbonyl (C=O) groups is 1. The lowest BCUT2D eigenvalue weighted by molar-refractivity contribution is -0.141. The normalized spacial score (nSPS) is 12.6. The van der Waals surface area contributed by atoms with Gasteiger partial charge < -0.3 is 5.11 Å². The number of aliphatic carboxylic acids is 1. The van der Waals surface area contributed by atoms with Crippen LogP contribution in [0.25, 0.3) is 0 Å². The van der Waals surface area contributed by atoms with E-state index in [2.05, 4.69) is 22.4 Å². The Morgan fingerprint density at radius 1 is 1.56 bits per heavy atom. The van der Waals surface area contributed by atoms with Gasteiger partial charge in [-0.15, -0.1) is 5.10 Å². The van der Waals surface area contributed by atoms with Gasteiger partial charge >= 0.3 is 5.97 Å². The smallest absolute Gasteiger partial charge is 0.306 e. The van der Waals surface area contributed by atoms with E-state index in [1.807, 2.05) is 0 Å². The predicted molar refractivity (Wildman–Crippen MR) is 57.8 cm³/mol. The molecule has 0 saturated carbocycles. The van der Waals surface area contributed by atoms with Crippen LogP contribution in [0.4, 0.5) is 0 Å². The molecule has 6 nitrogen and oxygen atoms in total. The summed E-state index contributed by atoms with van der Waals surface area (Å²) in [6.07, 6.45) is 3.55. The monoisotopic (exact) mass is 226 g/mol. The van der Waals surface area contributed by atoms with Gasteiger partial charge in [0.2, 0.25) is 0 Å². The standard InChI is InChI=1S/C10H18N4O2/c1-3-4-5-9-11-12-13-14(9)7-6-8(2)10(15)16/h8H,3-7H2,1-2H3,(H,15,16). The van der Waals surface area contributed by atoms with Crippen molar-refractivity contribution in [2.75, 3.05) is 0 Å². The molecule has 0 radical (unpaired) electrons. The van der Waals surface area contributed by atoms with Gasteiger partial charge in [0.1, 0.15) is 0 Å². The molecule has 1 unspecified atom stereocenters. The molecular formula is C10H18N4O2. The molecule has 1 atom stereocenters. The number of rotatable bonds is 7. The first-order valence-corrected chi connectivity index (χ1v) is 5.63. The molecule has 90 valence electrons. The molecule has 0 spiro atoms. The molecule has 0 aliphatic carbocycles. The lowest BCUT2D eigenvalue weighted by atomic mass is 10.1. The van der Waals surface area contributed by atoms with Crippen LogP contribution >= 0.6 is 0 Å². The van der Waals surface area contributed by atoms with Gasteiger partial charge in [-0.3, -0.25) is 4.79 Å². The highest BCUT2D eigenvalue weighted by Gasteiger charge is 2.12. The van der Waals surface area contributed by atoms with Crippen molar-refractivity contribution in [1.29, 1.82) is 0 Å². The number of carboxylic acids is 1.